The Kier molecular flexibility index (Phi) is 8.01. The molecule has 0 aliphatic heterocycles. The van der Waals surface area contributed by atoms with Crippen LogP contribution in [0.3, 0.4) is 0 Å². The maximum atomic E-state index is 13.3. The highest BCUT2D eigenvalue weighted by molar-refractivity contribution is 6.04. The second kappa shape index (κ2) is 10.9. The number of aliphatic carboxylic acids is 1. The fraction of sp³-hybridized carbons (Fsp3) is 0.231. The van der Waals surface area contributed by atoms with Crippen LogP contribution in [0.2, 0.25) is 0 Å². The zero-order valence-electron chi connectivity index (χ0n) is 19.1. The molecule has 0 saturated carbocycles. The summed E-state index contributed by atoms with van der Waals surface area (Å²) in [7, 11) is 0. The first-order valence-corrected chi connectivity index (χ1v) is 10.7. The van der Waals surface area contributed by atoms with E-state index in [9.17, 15) is 22.8 Å². The van der Waals surface area contributed by atoms with Crippen LogP contribution in [0.4, 0.5) is 18.9 Å². The summed E-state index contributed by atoms with van der Waals surface area (Å²) in [4.78, 5) is 23.4. The Labute approximate surface area is 200 Å². The third-order valence-electron chi connectivity index (χ3n) is 4.93. The van der Waals surface area contributed by atoms with Crippen LogP contribution in [-0.2, 0) is 24.0 Å². The summed E-state index contributed by atoms with van der Waals surface area (Å²) in [6.45, 7) is 3.91. The Hall–Kier alpha value is -4.01. The fourth-order valence-electron chi connectivity index (χ4n) is 3.29. The summed E-state index contributed by atoms with van der Waals surface area (Å²) in [6.07, 6.45) is -0.187. The maximum Gasteiger partial charge on any atom is 0.416 e. The van der Waals surface area contributed by atoms with Crippen LogP contribution in [0, 0.1) is 5.92 Å². The molecule has 2 N–H and O–H groups in total. The van der Waals surface area contributed by atoms with Gasteiger partial charge < -0.3 is 19.6 Å². The molecule has 0 saturated heterocycles. The van der Waals surface area contributed by atoms with E-state index < -0.39 is 23.6 Å². The Morgan fingerprint density at radius 3 is 2.46 bits per heavy atom. The van der Waals surface area contributed by atoms with E-state index >= 15 is 0 Å². The Bertz CT molecular complexity index is 1210. The third-order valence-corrected chi connectivity index (χ3v) is 4.93. The minimum absolute atomic E-state index is 0.0657. The predicted octanol–water partition coefficient (Wildman–Crippen LogP) is 6.43. The van der Waals surface area contributed by atoms with Gasteiger partial charge in [-0.2, -0.15) is 13.2 Å². The molecule has 0 aliphatic rings. The summed E-state index contributed by atoms with van der Waals surface area (Å²) in [6, 6.07) is 11.2. The Balaban J connectivity index is 1.81. The molecule has 0 radical (unpaired) electrons. The van der Waals surface area contributed by atoms with Crippen LogP contribution < -0.4 is 10.1 Å². The number of alkyl halides is 3. The topological polar surface area (TPSA) is 88.8 Å². The number of anilines is 1. The van der Waals surface area contributed by atoms with Crippen molar-refractivity contribution < 1.29 is 37.0 Å². The molecule has 184 valence electrons. The van der Waals surface area contributed by atoms with Crippen LogP contribution in [0.5, 0.6) is 5.75 Å². The zero-order valence-corrected chi connectivity index (χ0v) is 19.1. The molecule has 0 fully saturated rings. The summed E-state index contributed by atoms with van der Waals surface area (Å²) >= 11 is 0. The lowest BCUT2D eigenvalue weighted by atomic mass is 10.0. The number of hydrogen-bond acceptors (Lipinski definition) is 4. The normalized spacial score (nSPS) is 11.7. The van der Waals surface area contributed by atoms with Crippen molar-refractivity contribution in [2.75, 3.05) is 5.32 Å². The number of furan rings is 1. The van der Waals surface area contributed by atoms with E-state index in [-0.39, 0.29) is 29.7 Å². The highest BCUT2D eigenvalue weighted by atomic mass is 19.4. The average molecular weight is 487 g/mol. The van der Waals surface area contributed by atoms with Gasteiger partial charge in [0, 0.05) is 11.6 Å². The third kappa shape index (κ3) is 7.23. The number of carbonyl (C=O) groups excluding carboxylic acids is 1. The van der Waals surface area contributed by atoms with E-state index in [2.05, 4.69) is 5.32 Å². The largest absolute Gasteiger partial charge is 0.487 e. The lowest BCUT2D eigenvalue weighted by Gasteiger charge is -2.15. The average Bonchev–Trinajstić information content (AvgIpc) is 3.24. The summed E-state index contributed by atoms with van der Waals surface area (Å²) in [5.74, 6) is -1.46. The number of nitrogens with one attached hydrogen (secondary N) is 1. The highest BCUT2D eigenvalue weighted by Gasteiger charge is 2.31. The van der Waals surface area contributed by atoms with Gasteiger partial charge in [-0.3, -0.25) is 4.79 Å². The van der Waals surface area contributed by atoms with Gasteiger partial charge >= 0.3 is 12.1 Å². The molecule has 0 spiro atoms. The minimum atomic E-state index is -4.59. The molecule has 2 aromatic carbocycles. The van der Waals surface area contributed by atoms with E-state index in [1.54, 1.807) is 30.3 Å². The second-order valence-corrected chi connectivity index (χ2v) is 8.24. The van der Waals surface area contributed by atoms with Gasteiger partial charge in [0.2, 0.25) is 0 Å². The highest BCUT2D eigenvalue weighted by Crippen LogP contribution is 2.36. The Morgan fingerprint density at radius 2 is 1.83 bits per heavy atom. The quantitative estimate of drug-likeness (QED) is 0.340. The first kappa shape index (κ1) is 25.6. The van der Waals surface area contributed by atoms with Gasteiger partial charge in [0.05, 0.1) is 17.5 Å². The molecule has 3 aromatic rings. The van der Waals surface area contributed by atoms with E-state index in [0.717, 1.165) is 24.3 Å². The van der Waals surface area contributed by atoms with E-state index in [1.165, 1.54) is 12.3 Å². The smallest absolute Gasteiger partial charge is 0.416 e. The zero-order chi connectivity index (χ0) is 25.6. The van der Waals surface area contributed by atoms with Crippen LogP contribution >= 0.6 is 0 Å². The first-order chi connectivity index (χ1) is 16.5. The van der Waals surface area contributed by atoms with E-state index in [0.29, 0.717) is 23.1 Å². The Morgan fingerprint density at radius 1 is 1.11 bits per heavy atom. The van der Waals surface area contributed by atoms with E-state index in [1.807, 2.05) is 13.8 Å². The molecule has 3 rings (SSSR count). The van der Waals surface area contributed by atoms with Crippen molar-refractivity contribution in [1.29, 1.82) is 0 Å². The number of amides is 1. The molecule has 0 aliphatic carbocycles. The van der Waals surface area contributed by atoms with Crippen molar-refractivity contribution in [2.24, 2.45) is 5.92 Å². The second-order valence-electron chi connectivity index (χ2n) is 8.24. The van der Waals surface area contributed by atoms with Crippen molar-refractivity contribution in [1.82, 2.24) is 0 Å². The van der Waals surface area contributed by atoms with Crippen LogP contribution in [0.1, 0.15) is 46.7 Å². The lowest BCUT2D eigenvalue weighted by Crippen LogP contribution is -2.15. The summed E-state index contributed by atoms with van der Waals surface area (Å²) < 4.78 is 50.8. The van der Waals surface area contributed by atoms with Gasteiger partial charge in [-0.25, -0.2) is 4.79 Å². The van der Waals surface area contributed by atoms with Gasteiger partial charge in [-0.05, 0) is 53.8 Å². The van der Waals surface area contributed by atoms with E-state index in [4.69, 9.17) is 14.3 Å². The van der Waals surface area contributed by atoms with Crippen molar-refractivity contribution in [3.8, 4) is 5.75 Å². The number of benzene rings is 2. The van der Waals surface area contributed by atoms with Crippen molar-refractivity contribution in [3.05, 3.63) is 88.9 Å². The van der Waals surface area contributed by atoms with Crippen LogP contribution in [-0.4, -0.2) is 17.0 Å². The number of ether oxygens (including phenoxy) is 1. The predicted molar refractivity (Wildman–Crippen MR) is 124 cm³/mol. The molecule has 9 heteroatoms. The van der Waals surface area contributed by atoms with Crippen molar-refractivity contribution in [3.63, 3.8) is 0 Å². The fourth-order valence-corrected chi connectivity index (χ4v) is 3.29. The number of carbonyl (C=O) groups is 2. The minimum Gasteiger partial charge on any atom is -0.487 e. The number of hydrogen-bond donors (Lipinski definition) is 2. The summed E-state index contributed by atoms with van der Waals surface area (Å²) in [5.41, 5.74) is 1.12. The van der Waals surface area contributed by atoms with Crippen LogP contribution in [0.25, 0.3) is 6.08 Å². The molecule has 35 heavy (non-hydrogen) atoms. The van der Waals surface area contributed by atoms with Gasteiger partial charge in [-0.15, -0.1) is 0 Å². The van der Waals surface area contributed by atoms with Crippen molar-refractivity contribution in [2.45, 2.75) is 33.1 Å². The van der Waals surface area contributed by atoms with Gasteiger partial charge in [-0.1, -0.05) is 38.1 Å². The molecular formula is C26H24F3NO5. The monoisotopic (exact) mass is 487 g/mol. The molecular weight excluding hydrogens is 463 g/mol. The molecule has 1 aromatic heterocycles. The number of carboxylic acids is 1. The molecule has 0 bridgehead atoms. The molecule has 1 heterocycles. The maximum absolute atomic E-state index is 13.3. The van der Waals surface area contributed by atoms with Crippen molar-refractivity contribution >= 4 is 23.6 Å². The van der Waals surface area contributed by atoms with Gasteiger partial charge in [0.25, 0.3) is 5.91 Å². The summed E-state index contributed by atoms with van der Waals surface area (Å²) in [5, 5.41) is 11.3. The SMILES string of the molecule is CC(C)Cc1ccoc1C(=O)Nc1ccc(C(F)(F)F)cc1OCc1ccc(/C=C/C(=O)O)cc1. The van der Waals surface area contributed by atoms with Gasteiger partial charge in [0.15, 0.2) is 5.76 Å². The standard InChI is InChI=1S/C26H24F3NO5/c1-16(2)13-19-11-12-34-24(19)25(33)30-21-9-8-20(26(27,28)29)14-22(21)35-15-18-5-3-17(4-6-18)7-10-23(31)32/h3-12,14,16H,13,15H2,1-2H3,(H,30,33)(H,31,32)/b10-7+. The number of carboxylic acid groups (broad SMARTS) is 1. The van der Waals surface area contributed by atoms with Gasteiger partial charge in [0.1, 0.15) is 12.4 Å². The van der Waals surface area contributed by atoms with Crippen LogP contribution in [0.15, 0.2) is 65.3 Å². The first-order valence-electron chi connectivity index (χ1n) is 10.7. The number of halogens is 3. The molecule has 6 nitrogen and oxygen atoms in total. The molecule has 1 amide bonds. The lowest BCUT2D eigenvalue weighted by molar-refractivity contribution is -0.137. The number of rotatable bonds is 9. The molecule has 0 unspecified atom stereocenters. The molecule has 0 atom stereocenters.